The number of nitrogens with zero attached hydrogens (tertiary/aromatic N) is 1. The molecule has 3 amide bonds. The predicted octanol–water partition coefficient (Wildman–Crippen LogP) is 2.28. The van der Waals surface area contributed by atoms with Gasteiger partial charge in [0, 0.05) is 18.8 Å². The van der Waals surface area contributed by atoms with Gasteiger partial charge >= 0.3 is 12.0 Å². The molecule has 2 heterocycles. The molecule has 1 saturated heterocycles. The third-order valence-corrected chi connectivity index (χ3v) is 5.35. The van der Waals surface area contributed by atoms with Crippen LogP contribution in [-0.4, -0.2) is 56.2 Å². The Balaban J connectivity index is 1.79. The summed E-state index contributed by atoms with van der Waals surface area (Å²) in [6.07, 6.45) is 3.18. The van der Waals surface area contributed by atoms with E-state index in [0.717, 1.165) is 32.4 Å². The number of urea groups is 1. The van der Waals surface area contributed by atoms with Gasteiger partial charge in [0.2, 0.25) is 0 Å². The summed E-state index contributed by atoms with van der Waals surface area (Å²) in [7, 11) is 1.49. The summed E-state index contributed by atoms with van der Waals surface area (Å²) < 4.78 is 16.3. The number of carbonyl (C=O) groups is 3. The Kier molecular flexibility index (Phi) is 7.38. The number of hydrogen-bond donors (Lipinski definition) is 2. The Morgan fingerprint density at radius 1 is 1.16 bits per heavy atom. The molecule has 2 aliphatic rings. The number of nitrogens with one attached hydrogen (secondary N) is 2. The normalized spacial score (nSPS) is 18.7. The SMILES string of the molecule is CCOC(=O)C1=C(C)NC(=O)NC1c1ccc(OCC(=O)N2CCCCC2)c(OC)c1. The van der Waals surface area contributed by atoms with Crippen molar-refractivity contribution in [2.45, 2.75) is 39.2 Å². The largest absolute Gasteiger partial charge is 0.493 e. The van der Waals surface area contributed by atoms with E-state index in [-0.39, 0.29) is 19.1 Å². The van der Waals surface area contributed by atoms with Crippen LogP contribution in [0.1, 0.15) is 44.7 Å². The van der Waals surface area contributed by atoms with Crippen LogP contribution in [0.2, 0.25) is 0 Å². The van der Waals surface area contributed by atoms with Gasteiger partial charge in [-0.3, -0.25) is 4.79 Å². The van der Waals surface area contributed by atoms with Crippen LogP contribution in [0.3, 0.4) is 0 Å². The van der Waals surface area contributed by atoms with Gasteiger partial charge in [0.15, 0.2) is 18.1 Å². The minimum absolute atomic E-state index is 0.0559. The lowest BCUT2D eigenvalue weighted by atomic mass is 9.95. The van der Waals surface area contributed by atoms with Gasteiger partial charge in [-0.25, -0.2) is 9.59 Å². The first-order valence-corrected chi connectivity index (χ1v) is 10.5. The van der Waals surface area contributed by atoms with E-state index in [1.807, 2.05) is 4.90 Å². The Labute approximate surface area is 181 Å². The highest BCUT2D eigenvalue weighted by Crippen LogP contribution is 2.34. The fourth-order valence-corrected chi connectivity index (χ4v) is 3.78. The molecule has 0 saturated carbocycles. The first-order chi connectivity index (χ1) is 14.9. The minimum atomic E-state index is -0.703. The molecule has 0 bridgehead atoms. The molecular formula is C22H29N3O6. The van der Waals surface area contributed by atoms with Crippen molar-refractivity contribution in [3.8, 4) is 11.5 Å². The number of hydrogen-bond acceptors (Lipinski definition) is 6. The van der Waals surface area contributed by atoms with Crippen LogP contribution in [-0.2, 0) is 14.3 Å². The van der Waals surface area contributed by atoms with E-state index in [2.05, 4.69) is 10.6 Å². The summed E-state index contributed by atoms with van der Waals surface area (Å²) in [5.74, 6) is 0.247. The number of ether oxygens (including phenoxy) is 3. The fourth-order valence-electron chi connectivity index (χ4n) is 3.78. The monoisotopic (exact) mass is 431 g/mol. The quantitative estimate of drug-likeness (QED) is 0.642. The molecule has 31 heavy (non-hydrogen) atoms. The standard InChI is InChI=1S/C22H29N3O6/c1-4-30-21(27)19-14(2)23-22(28)24-20(19)15-8-9-16(17(12-15)29-3)31-13-18(26)25-10-6-5-7-11-25/h8-9,12,20H,4-7,10-11,13H2,1-3H3,(H2,23,24,28). The highest BCUT2D eigenvalue weighted by molar-refractivity contribution is 5.95. The van der Waals surface area contributed by atoms with Gasteiger partial charge in [-0.1, -0.05) is 6.07 Å². The second-order valence-electron chi connectivity index (χ2n) is 7.43. The van der Waals surface area contributed by atoms with Crippen molar-refractivity contribution in [3.63, 3.8) is 0 Å². The average molecular weight is 431 g/mol. The van der Waals surface area contributed by atoms with Gasteiger partial charge in [0.25, 0.3) is 5.91 Å². The lowest BCUT2D eigenvalue weighted by molar-refractivity contribution is -0.139. The summed E-state index contributed by atoms with van der Waals surface area (Å²) in [6.45, 7) is 5.03. The Morgan fingerprint density at radius 3 is 2.58 bits per heavy atom. The van der Waals surface area contributed by atoms with Crippen LogP contribution in [0.4, 0.5) is 4.79 Å². The molecule has 168 valence electrons. The van der Waals surface area contributed by atoms with Gasteiger partial charge in [0.05, 0.1) is 25.3 Å². The van der Waals surface area contributed by atoms with Gasteiger partial charge in [-0.2, -0.15) is 0 Å². The smallest absolute Gasteiger partial charge is 0.338 e. The van der Waals surface area contributed by atoms with Crippen molar-refractivity contribution in [1.82, 2.24) is 15.5 Å². The second kappa shape index (κ2) is 10.2. The predicted molar refractivity (Wildman–Crippen MR) is 113 cm³/mol. The Morgan fingerprint density at radius 2 is 1.90 bits per heavy atom. The number of methoxy groups -OCH3 is 1. The molecule has 2 aliphatic heterocycles. The molecule has 1 aromatic carbocycles. The van der Waals surface area contributed by atoms with Crippen LogP contribution in [0.5, 0.6) is 11.5 Å². The molecule has 3 rings (SSSR count). The van der Waals surface area contributed by atoms with Crippen molar-refractivity contribution >= 4 is 17.9 Å². The number of carbonyl (C=O) groups excluding carboxylic acids is 3. The minimum Gasteiger partial charge on any atom is -0.493 e. The summed E-state index contributed by atoms with van der Waals surface area (Å²) in [5.41, 5.74) is 1.37. The molecule has 0 aromatic heterocycles. The van der Waals surface area contributed by atoms with E-state index in [1.165, 1.54) is 7.11 Å². The van der Waals surface area contributed by atoms with E-state index in [9.17, 15) is 14.4 Å². The van der Waals surface area contributed by atoms with Crippen LogP contribution < -0.4 is 20.1 Å². The average Bonchev–Trinajstić information content (AvgIpc) is 2.77. The van der Waals surface area contributed by atoms with Crippen molar-refractivity contribution < 1.29 is 28.6 Å². The van der Waals surface area contributed by atoms with Gasteiger partial charge in [-0.05, 0) is 50.8 Å². The number of allylic oxidation sites excluding steroid dienone is 1. The van der Waals surface area contributed by atoms with Gasteiger partial charge in [-0.15, -0.1) is 0 Å². The highest BCUT2D eigenvalue weighted by Gasteiger charge is 2.32. The Hall–Kier alpha value is -3.23. The molecular weight excluding hydrogens is 402 g/mol. The summed E-state index contributed by atoms with van der Waals surface area (Å²) in [4.78, 5) is 38.7. The summed E-state index contributed by atoms with van der Waals surface area (Å²) >= 11 is 0. The highest BCUT2D eigenvalue weighted by atomic mass is 16.5. The van der Waals surface area contributed by atoms with Crippen LogP contribution in [0.15, 0.2) is 29.5 Å². The number of piperidine rings is 1. The molecule has 2 N–H and O–H groups in total. The van der Waals surface area contributed by atoms with Crippen LogP contribution >= 0.6 is 0 Å². The maximum absolute atomic E-state index is 12.5. The molecule has 9 heteroatoms. The maximum Gasteiger partial charge on any atom is 0.338 e. The van der Waals surface area contributed by atoms with Crippen molar-refractivity contribution in [3.05, 3.63) is 35.0 Å². The number of likely N-dealkylation sites (tertiary alicyclic amines) is 1. The number of benzene rings is 1. The van der Waals surface area contributed by atoms with E-state index in [4.69, 9.17) is 14.2 Å². The lowest BCUT2D eigenvalue weighted by Crippen LogP contribution is -2.45. The van der Waals surface area contributed by atoms with E-state index in [0.29, 0.717) is 28.3 Å². The molecule has 1 atom stereocenters. The number of amides is 3. The molecule has 1 fully saturated rings. The Bertz CT molecular complexity index is 876. The summed E-state index contributed by atoms with van der Waals surface area (Å²) in [5, 5.41) is 5.35. The number of esters is 1. The molecule has 1 unspecified atom stereocenters. The first kappa shape index (κ1) is 22.5. The third kappa shape index (κ3) is 5.28. The molecule has 9 nitrogen and oxygen atoms in total. The van der Waals surface area contributed by atoms with E-state index in [1.54, 1.807) is 32.0 Å². The molecule has 0 aliphatic carbocycles. The zero-order valence-electron chi connectivity index (χ0n) is 18.2. The summed E-state index contributed by atoms with van der Waals surface area (Å²) in [6, 6.07) is 3.96. The van der Waals surface area contributed by atoms with Crippen molar-refractivity contribution in [2.75, 3.05) is 33.4 Å². The zero-order chi connectivity index (χ0) is 22.4. The van der Waals surface area contributed by atoms with Gasteiger partial charge < -0.3 is 29.7 Å². The molecule has 0 spiro atoms. The fraction of sp³-hybridized carbons (Fsp3) is 0.500. The van der Waals surface area contributed by atoms with Crippen LogP contribution in [0, 0.1) is 0 Å². The number of rotatable bonds is 7. The van der Waals surface area contributed by atoms with E-state index < -0.39 is 18.0 Å². The van der Waals surface area contributed by atoms with Crippen molar-refractivity contribution in [2.24, 2.45) is 0 Å². The van der Waals surface area contributed by atoms with Gasteiger partial charge in [0.1, 0.15) is 0 Å². The molecule has 0 radical (unpaired) electrons. The molecule has 1 aromatic rings. The topological polar surface area (TPSA) is 106 Å². The van der Waals surface area contributed by atoms with Crippen molar-refractivity contribution in [1.29, 1.82) is 0 Å². The first-order valence-electron chi connectivity index (χ1n) is 10.5. The zero-order valence-corrected chi connectivity index (χ0v) is 18.2. The second-order valence-corrected chi connectivity index (χ2v) is 7.43. The van der Waals surface area contributed by atoms with Crippen LogP contribution in [0.25, 0.3) is 0 Å². The lowest BCUT2D eigenvalue weighted by Gasteiger charge is -2.28. The third-order valence-electron chi connectivity index (χ3n) is 5.35. The maximum atomic E-state index is 12.5. The van der Waals surface area contributed by atoms with E-state index >= 15 is 0 Å².